The first-order valence-electron chi connectivity index (χ1n) is 4.07. The first-order valence-corrected chi connectivity index (χ1v) is 4.07. The Morgan fingerprint density at radius 1 is 1.77 bits per heavy atom. The summed E-state index contributed by atoms with van der Waals surface area (Å²) in [5.74, 6) is 0.549. The largest absolute Gasteiger partial charge is 0.346 e. The highest BCUT2D eigenvalue weighted by atomic mass is 16.1. The second-order valence-corrected chi connectivity index (χ2v) is 2.60. The van der Waals surface area contributed by atoms with Gasteiger partial charge in [0.05, 0.1) is 0 Å². The van der Waals surface area contributed by atoms with Crippen LogP contribution in [0.25, 0.3) is 0 Å². The van der Waals surface area contributed by atoms with Crippen molar-refractivity contribution >= 4 is 11.5 Å². The van der Waals surface area contributed by atoms with Gasteiger partial charge in [0.15, 0.2) is 0 Å². The molecule has 0 spiro atoms. The van der Waals surface area contributed by atoms with Crippen LogP contribution in [0.3, 0.4) is 0 Å². The third kappa shape index (κ3) is 3.06. The number of hydrogen-bond donors (Lipinski definition) is 2. The molecule has 2 N–H and O–H groups in total. The van der Waals surface area contributed by atoms with Gasteiger partial charge < -0.3 is 0 Å². The highest BCUT2D eigenvalue weighted by molar-refractivity contribution is 5.82. The van der Waals surface area contributed by atoms with Gasteiger partial charge in [-0.3, -0.25) is 10.4 Å². The van der Waals surface area contributed by atoms with Gasteiger partial charge in [0.25, 0.3) is 0 Å². The van der Waals surface area contributed by atoms with Crippen molar-refractivity contribution in [1.29, 1.82) is 0 Å². The lowest BCUT2D eigenvalue weighted by molar-refractivity contribution is 1.06. The number of nitrogens with zero attached hydrogens (tertiary/aromatic N) is 2. The lowest BCUT2D eigenvalue weighted by atomic mass is 10.3. The minimum atomic E-state index is -0.380. The predicted molar refractivity (Wildman–Crippen MR) is 51.9 cm³/mol. The molecule has 0 amide bonds. The second kappa shape index (κ2) is 4.39. The van der Waals surface area contributed by atoms with E-state index < -0.39 is 0 Å². The Kier molecular flexibility index (Phi) is 3.19. The molecule has 5 nitrogen and oxygen atoms in total. The van der Waals surface area contributed by atoms with Crippen molar-refractivity contribution < 1.29 is 0 Å². The Labute approximate surface area is 75.9 Å². The van der Waals surface area contributed by atoms with Gasteiger partial charge in [-0.25, -0.2) is 9.78 Å². The Morgan fingerprint density at radius 2 is 2.54 bits per heavy atom. The molecule has 0 aromatic carbocycles. The van der Waals surface area contributed by atoms with E-state index in [2.05, 4.69) is 20.5 Å². The molecule has 0 radical (unpaired) electrons. The molecule has 1 aromatic heterocycles. The van der Waals surface area contributed by atoms with Crippen molar-refractivity contribution in [1.82, 2.24) is 9.97 Å². The average Bonchev–Trinajstić information content (AvgIpc) is 2.14. The van der Waals surface area contributed by atoms with Crippen LogP contribution < -0.4 is 11.1 Å². The lowest BCUT2D eigenvalue weighted by Crippen LogP contribution is -2.11. The molecular weight excluding hydrogens is 168 g/mol. The van der Waals surface area contributed by atoms with Crippen molar-refractivity contribution in [3.8, 4) is 0 Å². The molecular formula is C8H12N4O. The number of hydrogen-bond acceptors (Lipinski definition) is 4. The highest BCUT2D eigenvalue weighted by Gasteiger charge is 1.90. The number of hydrazone groups is 1. The summed E-state index contributed by atoms with van der Waals surface area (Å²) in [6, 6.07) is 1.65. The zero-order valence-corrected chi connectivity index (χ0v) is 7.66. The SMILES string of the molecule is CC/C(C)=N\Nc1ccnc(=O)[nH]1. The normalized spacial score (nSPS) is 11.4. The molecule has 1 heterocycles. The van der Waals surface area contributed by atoms with Crippen molar-refractivity contribution in [2.24, 2.45) is 5.10 Å². The van der Waals surface area contributed by atoms with Gasteiger partial charge in [-0.1, -0.05) is 6.92 Å². The summed E-state index contributed by atoms with van der Waals surface area (Å²) < 4.78 is 0. The van der Waals surface area contributed by atoms with Crippen LogP contribution in [0.1, 0.15) is 20.3 Å². The summed E-state index contributed by atoms with van der Waals surface area (Å²) in [4.78, 5) is 16.7. The minimum Gasteiger partial charge on any atom is -0.291 e. The summed E-state index contributed by atoms with van der Waals surface area (Å²) in [6.45, 7) is 3.92. The second-order valence-electron chi connectivity index (χ2n) is 2.60. The van der Waals surface area contributed by atoms with Gasteiger partial charge in [0.1, 0.15) is 5.82 Å². The van der Waals surface area contributed by atoms with Gasteiger partial charge in [-0.15, -0.1) is 0 Å². The van der Waals surface area contributed by atoms with E-state index in [4.69, 9.17) is 0 Å². The number of rotatable bonds is 3. The quantitative estimate of drug-likeness (QED) is 0.537. The molecule has 0 bridgehead atoms. The maximum absolute atomic E-state index is 10.7. The number of H-pyrrole nitrogens is 1. The maximum atomic E-state index is 10.7. The third-order valence-electron chi connectivity index (χ3n) is 1.55. The fourth-order valence-electron chi connectivity index (χ4n) is 0.669. The number of aromatic nitrogens is 2. The number of aromatic amines is 1. The molecule has 13 heavy (non-hydrogen) atoms. The Bertz CT molecular complexity index is 355. The van der Waals surface area contributed by atoms with Crippen LogP contribution in [-0.4, -0.2) is 15.7 Å². The van der Waals surface area contributed by atoms with E-state index >= 15 is 0 Å². The zero-order chi connectivity index (χ0) is 9.68. The molecule has 70 valence electrons. The maximum Gasteiger partial charge on any atom is 0.346 e. The molecule has 0 atom stereocenters. The lowest BCUT2D eigenvalue weighted by Gasteiger charge is -1.99. The standard InChI is InChI=1S/C8H12N4O/c1-3-6(2)11-12-7-4-5-9-8(13)10-7/h4-5H,3H2,1-2H3,(H2,9,10,12,13)/b11-6-. The molecule has 0 aliphatic rings. The molecule has 0 saturated heterocycles. The third-order valence-corrected chi connectivity index (χ3v) is 1.55. The van der Waals surface area contributed by atoms with Crippen molar-refractivity contribution in [3.05, 3.63) is 22.7 Å². The minimum absolute atomic E-state index is 0.380. The molecule has 0 saturated carbocycles. The van der Waals surface area contributed by atoms with Crippen LogP contribution in [0.2, 0.25) is 0 Å². The van der Waals surface area contributed by atoms with Crippen LogP contribution in [0, 0.1) is 0 Å². The fraction of sp³-hybridized carbons (Fsp3) is 0.375. The Balaban J connectivity index is 2.70. The van der Waals surface area contributed by atoms with Crippen LogP contribution in [0.4, 0.5) is 5.82 Å². The van der Waals surface area contributed by atoms with Crippen LogP contribution in [0.15, 0.2) is 22.2 Å². The summed E-state index contributed by atoms with van der Waals surface area (Å²) in [5.41, 5.74) is 3.32. The van der Waals surface area contributed by atoms with Gasteiger partial charge >= 0.3 is 5.69 Å². The fourth-order valence-corrected chi connectivity index (χ4v) is 0.669. The van der Waals surface area contributed by atoms with Crippen LogP contribution >= 0.6 is 0 Å². The zero-order valence-electron chi connectivity index (χ0n) is 7.66. The molecule has 0 aliphatic carbocycles. The van der Waals surface area contributed by atoms with Gasteiger partial charge in [-0.2, -0.15) is 5.10 Å². The summed E-state index contributed by atoms with van der Waals surface area (Å²) in [6.07, 6.45) is 2.31. The van der Waals surface area contributed by atoms with E-state index in [1.165, 1.54) is 6.20 Å². The van der Waals surface area contributed by atoms with Gasteiger partial charge in [0.2, 0.25) is 0 Å². The van der Waals surface area contributed by atoms with E-state index in [0.29, 0.717) is 5.82 Å². The van der Waals surface area contributed by atoms with Gasteiger partial charge in [0, 0.05) is 11.9 Å². The van der Waals surface area contributed by atoms with E-state index in [-0.39, 0.29) is 5.69 Å². The highest BCUT2D eigenvalue weighted by Crippen LogP contribution is 1.96. The van der Waals surface area contributed by atoms with Crippen molar-refractivity contribution in [2.45, 2.75) is 20.3 Å². The Morgan fingerprint density at radius 3 is 3.15 bits per heavy atom. The molecule has 5 heteroatoms. The number of anilines is 1. The molecule has 1 aromatic rings. The van der Waals surface area contributed by atoms with Gasteiger partial charge in [-0.05, 0) is 19.4 Å². The van der Waals surface area contributed by atoms with E-state index in [1.54, 1.807) is 6.07 Å². The van der Waals surface area contributed by atoms with Crippen LogP contribution in [0.5, 0.6) is 0 Å². The van der Waals surface area contributed by atoms with Crippen molar-refractivity contribution in [3.63, 3.8) is 0 Å². The van der Waals surface area contributed by atoms with E-state index in [9.17, 15) is 4.79 Å². The molecule has 0 aliphatic heterocycles. The molecule has 1 rings (SSSR count). The first kappa shape index (κ1) is 9.44. The average molecular weight is 180 g/mol. The summed E-state index contributed by atoms with van der Waals surface area (Å²) in [5, 5.41) is 4.02. The van der Waals surface area contributed by atoms with E-state index in [0.717, 1.165) is 12.1 Å². The predicted octanol–water partition coefficient (Wildman–Crippen LogP) is 0.968. The first-order chi connectivity index (χ1) is 6.22. The molecule has 0 fully saturated rings. The molecule has 0 unspecified atom stereocenters. The summed E-state index contributed by atoms with van der Waals surface area (Å²) >= 11 is 0. The topological polar surface area (TPSA) is 70.1 Å². The van der Waals surface area contributed by atoms with E-state index in [1.807, 2.05) is 13.8 Å². The summed E-state index contributed by atoms with van der Waals surface area (Å²) in [7, 11) is 0. The Hall–Kier alpha value is -1.65. The van der Waals surface area contributed by atoms with Crippen molar-refractivity contribution in [2.75, 3.05) is 5.43 Å². The van der Waals surface area contributed by atoms with Crippen LogP contribution in [-0.2, 0) is 0 Å². The number of nitrogens with one attached hydrogen (secondary N) is 2. The smallest absolute Gasteiger partial charge is 0.291 e. The monoisotopic (exact) mass is 180 g/mol.